The summed E-state index contributed by atoms with van der Waals surface area (Å²) in [5.74, 6) is 1.97. The predicted octanol–water partition coefficient (Wildman–Crippen LogP) is 2.11. The minimum atomic E-state index is 0.205. The van der Waals surface area contributed by atoms with Crippen molar-refractivity contribution in [3.05, 3.63) is 42.5 Å². The fourth-order valence-corrected chi connectivity index (χ4v) is 1.79. The highest BCUT2D eigenvalue weighted by molar-refractivity contribution is 5.47. The molecule has 0 spiro atoms. The van der Waals surface area contributed by atoms with Crippen LogP contribution < -0.4 is 15.2 Å². The van der Waals surface area contributed by atoms with Crippen LogP contribution in [0.1, 0.15) is 0 Å². The minimum Gasteiger partial charge on any atom is -0.493 e. The summed E-state index contributed by atoms with van der Waals surface area (Å²) in [6.07, 6.45) is 0. The van der Waals surface area contributed by atoms with Crippen molar-refractivity contribution in [2.75, 3.05) is 12.8 Å². The zero-order valence-corrected chi connectivity index (χ0v) is 10.3. The molecule has 3 aromatic rings. The summed E-state index contributed by atoms with van der Waals surface area (Å²) >= 11 is 0. The molecule has 2 N–H and O–H groups in total. The summed E-state index contributed by atoms with van der Waals surface area (Å²) in [7, 11) is 1.59. The molecule has 6 heteroatoms. The molecule has 0 bridgehead atoms. The quantitative estimate of drug-likeness (QED) is 0.776. The van der Waals surface area contributed by atoms with Gasteiger partial charge in [0.15, 0.2) is 17.1 Å². The van der Waals surface area contributed by atoms with Crippen molar-refractivity contribution in [3.8, 4) is 17.4 Å². The first-order chi connectivity index (χ1) is 9.28. The lowest BCUT2D eigenvalue weighted by Crippen LogP contribution is -1.97. The van der Waals surface area contributed by atoms with Gasteiger partial charge in [-0.25, -0.2) is 0 Å². The van der Waals surface area contributed by atoms with Crippen LogP contribution in [0.4, 0.5) is 5.95 Å². The largest absolute Gasteiger partial charge is 0.493 e. The fourth-order valence-electron chi connectivity index (χ4n) is 1.79. The molecule has 0 aliphatic heterocycles. The van der Waals surface area contributed by atoms with Crippen molar-refractivity contribution in [1.29, 1.82) is 0 Å². The Morgan fingerprint density at radius 1 is 1.05 bits per heavy atom. The Kier molecular flexibility index (Phi) is 2.68. The molecule has 0 atom stereocenters. The van der Waals surface area contributed by atoms with E-state index in [-0.39, 0.29) is 5.95 Å². The number of methoxy groups -OCH3 is 1. The molecule has 0 aliphatic rings. The summed E-state index contributed by atoms with van der Waals surface area (Å²) < 4.78 is 12.6. The Labute approximate surface area is 109 Å². The molecular formula is C13H12N4O2. The highest BCUT2D eigenvalue weighted by Crippen LogP contribution is 2.30. The lowest BCUT2D eigenvalue weighted by atomic mass is 10.3. The van der Waals surface area contributed by atoms with Gasteiger partial charge >= 0.3 is 0 Å². The van der Waals surface area contributed by atoms with E-state index in [0.717, 1.165) is 0 Å². The predicted molar refractivity (Wildman–Crippen MR) is 70.5 cm³/mol. The van der Waals surface area contributed by atoms with E-state index in [9.17, 15) is 0 Å². The highest BCUT2D eigenvalue weighted by atomic mass is 16.5. The first-order valence-electron chi connectivity index (χ1n) is 5.70. The number of nitrogens with two attached hydrogens (primary N) is 1. The van der Waals surface area contributed by atoms with Gasteiger partial charge < -0.3 is 15.2 Å². The van der Waals surface area contributed by atoms with E-state index in [1.54, 1.807) is 23.8 Å². The number of benzene rings is 1. The Balaban J connectivity index is 2.05. The lowest BCUT2D eigenvalue weighted by Gasteiger charge is -2.10. The summed E-state index contributed by atoms with van der Waals surface area (Å²) in [4.78, 5) is 4.08. The maximum atomic E-state index is 5.81. The van der Waals surface area contributed by atoms with Gasteiger partial charge in [-0.1, -0.05) is 18.2 Å². The highest BCUT2D eigenvalue weighted by Gasteiger charge is 2.09. The molecule has 0 fully saturated rings. The van der Waals surface area contributed by atoms with Crippen molar-refractivity contribution in [2.45, 2.75) is 0 Å². The van der Waals surface area contributed by atoms with E-state index < -0.39 is 0 Å². The Hall–Kier alpha value is -2.76. The molecule has 2 heterocycles. The zero-order valence-electron chi connectivity index (χ0n) is 10.3. The van der Waals surface area contributed by atoms with Gasteiger partial charge in [-0.05, 0) is 18.2 Å². The van der Waals surface area contributed by atoms with E-state index in [1.807, 2.05) is 30.3 Å². The van der Waals surface area contributed by atoms with Gasteiger partial charge in [0, 0.05) is 6.07 Å². The summed E-state index contributed by atoms with van der Waals surface area (Å²) in [6.45, 7) is 0. The number of hydrogen-bond donors (Lipinski definition) is 1. The molecule has 0 aliphatic carbocycles. The summed E-state index contributed by atoms with van der Waals surface area (Å²) in [5.41, 5.74) is 6.22. The number of nitrogens with zero attached hydrogens (tertiary/aromatic N) is 3. The van der Waals surface area contributed by atoms with Gasteiger partial charge in [-0.3, -0.25) is 0 Å². The smallest absolute Gasteiger partial charge is 0.240 e. The Bertz CT molecular complexity index is 723. The number of nitrogen functional groups attached to an aromatic ring is 1. The van der Waals surface area contributed by atoms with Crippen LogP contribution in [0.15, 0.2) is 42.5 Å². The first-order valence-corrected chi connectivity index (χ1v) is 5.70. The minimum absolute atomic E-state index is 0.205. The number of ether oxygens (including phenoxy) is 2. The number of hydrogen-bond acceptors (Lipinski definition) is 5. The van der Waals surface area contributed by atoms with Gasteiger partial charge in [0.1, 0.15) is 0 Å². The molecular weight excluding hydrogens is 244 g/mol. The Morgan fingerprint density at radius 2 is 1.84 bits per heavy atom. The molecule has 3 rings (SSSR count). The first kappa shape index (κ1) is 11.3. The van der Waals surface area contributed by atoms with Crippen LogP contribution in [-0.2, 0) is 0 Å². The van der Waals surface area contributed by atoms with Crippen LogP contribution in [0, 0.1) is 0 Å². The van der Waals surface area contributed by atoms with E-state index in [2.05, 4.69) is 10.1 Å². The lowest BCUT2D eigenvalue weighted by molar-refractivity contribution is 0.370. The third-order valence-electron chi connectivity index (χ3n) is 2.63. The van der Waals surface area contributed by atoms with Crippen LogP contribution >= 0.6 is 0 Å². The van der Waals surface area contributed by atoms with Crippen molar-refractivity contribution < 1.29 is 9.47 Å². The number of anilines is 1. The van der Waals surface area contributed by atoms with Gasteiger partial charge in [0.2, 0.25) is 11.8 Å². The maximum absolute atomic E-state index is 5.81. The molecule has 0 radical (unpaired) electrons. The van der Waals surface area contributed by atoms with Crippen molar-refractivity contribution >= 4 is 11.6 Å². The molecule has 6 nitrogen and oxygen atoms in total. The van der Waals surface area contributed by atoms with E-state index in [1.165, 1.54) is 0 Å². The molecule has 96 valence electrons. The average molecular weight is 256 g/mol. The van der Waals surface area contributed by atoms with Gasteiger partial charge in [0.05, 0.1) is 7.11 Å². The van der Waals surface area contributed by atoms with Crippen molar-refractivity contribution in [1.82, 2.24) is 14.6 Å². The number of rotatable bonds is 3. The molecule has 0 amide bonds. The second-order valence-corrected chi connectivity index (χ2v) is 3.86. The van der Waals surface area contributed by atoms with Crippen molar-refractivity contribution in [2.24, 2.45) is 0 Å². The average Bonchev–Trinajstić information content (AvgIpc) is 2.81. The van der Waals surface area contributed by atoms with Gasteiger partial charge in [-0.2, -0.15) is 9.50 Å². The molecule has 0 unspecified atom stereocenters. The Morgan fingerprint density at radius 3 is 2.63 bits per heavy atom. The third kappa shape index (κ3) is 2.03. The summed E-state index contributed by atoms with van der Waals surface area (Å²) in [5, 5.41) is 4.08. The monoisotopic (exact) mass is 256 g/mol. The van der Waals surface area contributed by atoms with Crippen LogP contribution in [0.5, 0.6) is 17.4 Å². The SMILES string of the molecule is COc1ccccc1Oc1cccc2nc(N)nn12. The maximum Gasteiger partial charge on any atom is 0.240 e. The second kappa shape index (κ2) is 4.49. The normalized spacial score (nSPS) is 10.6. The number of fused-ring (bicyclic) bond motifs is 1. The number of aromatic nitrogens is 3. The fraction of sp³-hybridized carbons (Fsp3) is 0.0769. The molecule has 19 heavy (non-hydrogen) atoms. The van der Waals surface area contributed by atoms with Gasteiger partial charge in [-0.15, -0.1) is 5.10 Å². The van der Waals surface area contributed by atoms with Crippen LogP contribution in [0.3, 0.4) is 0 Å². The standard InChI is InChI=1S/C13H12N4O2/c1-18-9-5-2-3-6-10(9)19-12-8-4-7-11-15-13(14)16-17(11)12/h2-8H,1H3,(H2,14,16). The van der Waals surface area contributed by atoms with Crippen LogP contribution in [-0.4, -0.2) is 21.7 Å². The van der Waals surface area contributed by atoms with E-state index >= 15 is 0 Å². The molecule has 1 aromatic carbocycles. The molecule has 0 saturated heterocycles. The zero-order chi connectivity index (χ0) is 13.2. The molecule has 0 saturated carbocycles. The number of pyridine rings is 1. The number of para-hydroxylation sites is 2. The van der Waals surface area contributed by atoms with Crippen LogP contribution in [0.25, 0.3) is 5.65 Å². The van der Waals surface area contributed by atoms with Crippen LogP contribution in [0.2, 0.25) is 0 Å². The van der Waals surface area contributed by atoms with Gasteiger partial charge in [0.25, 0.3) is 0 Å². The van der Waals surface area contributed by atoms with E-state index in [4.69, 9.17) is 15.2 Å². The summed E-state index contributed by atoms with van der Waals surface area (Å²) in [6, 6.07) is 12.8. The third-order valence-corrected chi connectivity index (χ3v) is 2.63. The molecule has 2 aromatic heterocycles. The second-order valence-electron chi connectivity index (χ2n) is 3.86. The topological polar surface area (TPSA) is 74.7 Å². The van der Waals surface area contributed by atoms with Crippen molar-refractivity contribution in [3.63, 3.8) is 0 Å². The van der Waals surface area contributed by atoms with E-state index in [0.29, 0.717) is 23.0 Å².